The summed E-state index contributed by atoms with van der Waals surface area (Å²) >= 11 is 13.7. The fourth-order valence-electron chi connectivity index (χ4n) is 3.78. The van der Waals surface area contributed by atoms with E-state index < -0.39 is 0 Å². The SMILES string of the molecule is CC(C)(C)[C@@H]1CCc2c(sc3nnn(Cc4ccc(Cl)c(Cl)c4)c(=O)c23)C1. The summed E-state index contributed by atoms with van der Waals surface area (Å²) in [5.41, 5.74) is 2.25. The number of thiophene rings is 1. The molecule has 0 amide bonds. The number of hydrogen-bond donors (Lipinski definition) is 0. The zero-order valence-corrected chi connectivity index (χ0v) is 17.9. The normalized spacial score (nSPS) is 17.3. The predicted molar refractivity (Wildman–Crippen MR) is 112 cm³/mol. The Bertz CT molecular complexity index is 1080. The number of aromatic nitrogens is 3. The average molecular weight is 422 g/mol. The van der Waals surface area contributed by atoms with Gasteiger partial charge in [0.15, 0.2) is 4.83 Å². The van der Waals surface area contributed by atoms with Crippen LogP contribution in [0.4, 0.5) is 0 Å². The van der Waals surface area contributed by atoms with Crippen molar-refractivity contribution in [3.63, 3.8) is 0 Å². The molecule has 0 unspecified atom stereocenters. The van der Waals surface area contributed by atoms with E-state index in [9.17, 15) is 4.79 Å². The first-order valence-corrected chi connectivity index (χ1v) is 10.6. The summed E-state index contributed by atoms with van der Waals surface area (Å²) in [6.45, 7) is 7.20. The summed E-state index contributed by atoms with van der Waals surface area (Å²) < 4.78 is 1.42. The first kappa shape index (κ1) is 18.9. The van der Waals surface area contributed by atoms with Gasteiger partial charge >= 0.3 is 0 Å². The minimum absolute atomic E-state index is 0.0715. The van der Waals surface area contributed by atoms with Crippen LogP contribution in [0.1, 0.15) is 43.2 Å². The van der Waals surface area contributed by atoms with E-state index in [1.54, 1.807) is 23.5 Å². The molecule has 1 aliphatic carbocycles. The number of benzene rings is 1. The molecule has 0 fully saturated rings. The van der Waals surface area contributed by atoms with Crippen molar-refractivity contribution in [2.45, 2.75) is 46.6 Å². The molecule has 7 heteroatoms. The number of nitrogens with zero attached hydrogens (tertiary/aromatic N) is 3. The summed E-state index contributed by atoms with van der Waals surface area (Å²) in [6.07, 6.45) is 3.06. The molecule has 142 valence electrons. The molecule has 0 saturated carbocycles. The number of halogens is 2. The van der Waals surface area contributed by atoms with Gasteiger partial charge in [0, 0.05) is 4.88 Å². The van der Waals surface area contributed by atoms with Gasteiger partial charge in [0.2, 0.25) is 0 Å². The van der Waals surface area contributed by atoms with Crippen LogP contribution in [0.25, 0.3) is 10.2 Å². The molecule has 2 heterocycles. The third kappa shape index (κ3) is 3.53. The molecule has 27 heavy (non-hydrogen) atoms. The van der Waals surface area contributed by atoms with Gasteiger partial charge in [-0.05, 0) is 53.9 Å². The van der Waals surface area contributed by atoms with Crippen LogP contribution in [-0.4, -0.2) is 15.0 Å². The molecule has 1 aliphatic rings. The minimum atomic E-state index is -0.0715. The minimum Gasteiger partial charge on any atom is -0.267 e. The first-order valence-electron chi connectivity index (χ1n) is 9.06. The van der Waals surface area contributed by atoms with E-state index in [-0.39, 0.29) is 11.0 Å². The molecule has 2 aromatic heterocycles. The summed E-state index contributed by atoms with van der Waals surface area (Å²) in [6, 6.07) is 5.35. The van der Waals surface area contributed by atoms with Crippen LogP contribution in [0.5, 0.6) is 0 Å². The fourth-order valence-corrected chi connectivity index (χ4v) is 5.34. The second-order valence-electron chi connectivity index (χ2n) is 8.29. The molecule has 4 rings (SSSR count). The second kappa shape index (κ2) is 6.87. The van der Waals surface area contributed by atoms with Crippen LogP contribution in [0.2, 0.25) is 10.0 Å². The van der Waals surface area contributed by atoms with Crippen molar-refractivity contribution in [2.75, 3.05) is 0 Å². The number of hydrogen-bond acceptors (Lipinski definition) is 4. The Morgan fingerprint density at radius 1 is 1.26 bits per heavy atom. The van der Waals surface area contributed by atoms with Gasteiger partial charge in [0.25, 0.3) is 5.56 Å². The highest BCUT2D eigenvalue weighted by atomic mass is 35.5. The van der Waals surface area contributed by atoms with Crippen molar-refractivity contribution in [1.82, 2.24) is 15.0 Å². The Morgan fingerprint density at radius 2 is 2.04 bits per heavy atom. The van der Waals surface area contributed by atoms with Gasteiger partial charge in [-0.25, -0.2) is 4.68 Å². The Labute approximate surface area is 172 Å². The van der Waals surface area contributed by atoms with Gasteiger partial charge < -0.3 is 0 Å². The molecule has 0 bridgehead atoms. The van der Waals surface area contributed by atoms with Crippen LogP contribution in [0.3, 0.4) is 0 Å². The molecule has 3 aromatic rings. The van der Waals surface area contributed by atoms with E-state index in [0.29, 0.717) is 22.5 Å². The van der Waals surface area contributed by atoms with Crippen LogP contribution < -0.4 is 5.56 Å². The summed E-state index contributed by atoms with van der Waals surface area (Å²) in [4.78, 5) is 15.2. The molecule has 0 saturated heterocycles. The Balaban J connectivity index is 1.73. The standard InChI is InChI=1S/C20H21Cl2N3OS/c1-20(2,3)12-5-6-13-16(9-12)27-18-17(13)19(26)25(24-23-18)10-11-4-7-14(21)15(22)8-11/h4,7-8,12H,5-6,9-10H2,1-3H3/t12-/m1/s1. The number of aryl methyl sites for hydroxylation is 1. The van der Waals surface area contributed by atoms with Crippen molar-refractivity contribution in [2.24, 2.45) is 11.3 Å². The molecule has 1 aromatic carbocycles. The summed E-state index contributed by atoms with van der Waals surface area (Å²) in [5, 5.41) is 10.2. The van der Waals surface area contributed by atoms with E-state index in [1.165, 1.54) is 15.1 Å². The summed E-state index contributed by atoms with van der Waals surface area (Å²) in [5.74, 6) is 0.629. The number of rotatable bonds is 2. The average Bonchev–Trinajstić information content (AvgIpc) is 2.98. The van der Waals surface area contributed by atoms with Gasteiger partial charge in [-0.15, -0.1) is 16.4 Å². The Hall–Kier alpha value is -1.43. The maximum absolute atomic E-state index is 13.1. The highest BCUT2D eigenvalue weighted by molar-refractivity contribution is 7.18. The van der Waals surface area contributed by atoms with Gasteiger partial charge in [-0.2, -0.15) is 0 Å². The number of fused-ring (bicyclic) bond motifs is 3. The zero-order valence-electron chi connectivity index (χ0n) is 15.6. The van der Waals surface area contributed by atoms with Crippen LogP contribution >= 0.6 is 34.5 Å². The molecule has 0 spiro atoms. The van der Waals surface area contributed by atoms with E-state index >= 15 is 0 Å². The molecule has 0 N–H and O–H groups in total. The van der Waals surface area contributed by atoms with Gasteiger partial charge in [-0.3, -0.25) is 4.79 Å². The Morgan fingerprint density at radius 3 is 2.74 bits per heavy atom. The molecule has 0 radical (unpaired) electrons. The lowest BCUT2D eigenvalue weighted by Gasteiger charge is -2.33. The van der Waals surface area contributed by atoms with Crippen molar-refractivity contribution in [1.29, 1.82) is 0 Å². The van der Waals surface area contributed by atoms with E-state index in [1.807, 2.05) is 6.07 Å². The lowest BCUT2D eigenvalue weighted by atomic mass is 9.72. The van der Waals surface area contributed by atoms with Crippen molar-refractivity contribution in [3.8, 4) is 0 Å². The van der Waals surface area contributed by atoms with E-state index in [4.69, 9.17) is 23.2 Å². The maximum atomic E-state index is 13.1. The highest BCUT2D eigenvalue weighted by Crippen LogP contribution is 2.41. The van der Waals surface area contributed by atoms with Crippen molar-refractivity contribution in [3.05, 3.63) is 54.6 Å². The maximum Gasteiger partial charge on any atom is 0.279 e. The third-order valence-corrected chi connectivity index (χ3v) is 7.36. The van der Waals surface area contributed by atoms with Crippen LogP contribution in [0, 0.1) is 11.3 Å². The lowest BCUT2D eigenvalue weighted by molar-refractivity contribution is 0.218. The molecule has 4 nitrogen and oxygen atoms in total. The quantitative estimate of drug-likeness (QED) is 0.559. The molecular weight excluding hydrogens is 401 g/mol. The van der Waals surface area contributed by atoms with E-state index in [0.717, 1.165) is 35.0 Å². The Kier molecular flexibility index (Phi) is 4.81. The third-order valence-electron chi connectivity index (χ3n) is 5.48. The van der Waals surface area contributed by atoms with Crippen molar-refractivity contribution < 1.29 is 0 Å². The zero-order chi connectivity index (χ0) is 19.3. The molecular formula is C20H21Cl2N3OS. The van der Waals surface area contributed by atoms with Gasteiger partial charge in [0.1, 0.15) is 0 Å². The fraction of sp³-hybridized carbons (Fsp3) is 0.450. The lowest BCUT2D eigenvalue weighted by Crippen LogP contribution is -2.28. The van der Waals surface area contributed by atoms with Crippen molar-refractivity contribution >= 4 is 44.8 Å². The topological polar surface area (TPSA) is 47.8 Å². The van der Waals surface area contributed by atoms with E-state index in [2.05, 4.69) is 31.1 Å². The first-order chi connectivity index (χ1) is 12.7. The van der Waals surface area contributed by atoms with Gasteiger partial charge in [-0.1, -0.05) is 55.3 Å². The van der Waals surface area contributed by atoms with Gasteiger partial charge in [0.05, 0.1) is 22.0 Å². The van der Waals surface area contributed by atoms with Crippen LogP contribution in [0.15, 0.2) is 23.0 Å². The largest absolute Gasteiger partial charge is 0.279 e. The molecule has 1 atom stereocenters. The summed E-state index contributed by atoms with van der Waals surface area (Å²) in [7, 11) is 0. The molecule has 0 aliphatic heterocycles. The van der Waals surface area contributed by atoms with Crippen LogP contribution in [-0.2, 0) is 19.4 Å². The smallest absolute Gasteiger partial charge is 0.267 e. The predicted octanol–water partition coefficient (Wildman–Crippen LogP) is 5.36. The monoisotopic (exact) mass is 421 g/mol. The highest BCUT2D eigenvalue weighted by Gasteiger charge is 2.31. The second-order valence-corrected chi connectivity index (χ2v) is 10.2.